The van der Waals surface area contributed by atoms with Crippen molar-refractivity contribution in [2.75, 3.05) is 5.73 Å². The van der Waals surface area contributed by atoms with Gasteiger partial charge in [-0.15, -0.1) is 0 Å². The first-order chi connectivity index (χ1) is 8.88. The second-order valence-electron chi connectivity index (χ2n) is 4.08. The van der Waals surface area contributed by atoms with E-state index in [9.17, 15) is 17.6 Å². The molecule has 0 unspecified atom stereocenters. The summed E-state index contributed by atoms with van der Waals surface area (Å²) in [4.78, 5) is 3.78. The number of hydrogen-bond donors (Lipinski definition) is 1. The Morgan fingerprint density at radius 1 is 1.21 bits per heavy atom. The fourth-order valence-electron chi connectivity index (χ4n) is 1.94. The fourth-order valence-corrected chi connectivity index (χ4v) is 1.94. The third-order valence-electron chi connectivity index (χ3n) is 2.85. The highest BCUT2D eigenvalue weighted by molar-refractivity contribution is 5.87. The number of nitrogens with zero attached hydrogens (tertiary/aromatic N) is 2. The maximum Gasteiger partial charge on any atom is 0.416 e. The summed E-state index contributed by atoms with van der Waals surface area (Å²) in [5, 5.41) is 0. The van der Waals surface area contributed by atoms with Gasteiger partial charge in [-0.2, -0.15) is 13.2 Å². The molecule has 1 aliphatic carbocycles. The number of benzene rings is 1. The number of allylic oxidation sites excluding steroid dienone is 4. The number of rotatable bonds is 1. The first-order valence-electron chi connectivity index (χ1n) is 5.31. The molecule has 1 heterocycles. The molecule has 0 atom stereocenters. The minimum Gasteiger partial charge on any atom is -0.369 e. The zero-order valence-corrected chi connectivity index (χ0v) is 9.37. The van der Waals surface area contributed by atoms with E-state index in [1.807, 2.05) is 0 Å². The van der Waals surface area contributed by atoms with Crippen molar-refractivity contribution in [2.24, 2.45) is 0 Å². The van der Waals surface area contributed by atoms with Crippen LogP contribution in [0, 0.1) is 5.82 Å². The van der Waals surface area contributed by atoms with Crippen LogP contribution in [0.2, 0.25) is 0 Å². The molecule has 3 nitrogen and oxygen atoms in total. The molecule has 1 aromatic heterocycles. The number of nitrogens with two attached hydrogens (primary N) is 1. The number of alkyl halides is 3. The van der Waals surface area contributed by atoms with Crippen LogP contribution in [-0.4, -0.2) is 9.55 Å². The summed E-state index contributed by atoms with van der Waals surface area (Å²) in [5.41, 5.74) is 4.95. The summed E-state index contributed by atoms with van der Waals surface area (Å²) < 4.78 is 52.9. The van der Waals surface area contributed by atoms with Crippen molar-refractivity contribution < 1.29 is 17.6 Å². The van der Waals surface area contributed by atoms with Gasteiger partial charge in [-0.05, 0) is 24.3 Å². The van der Waals surface area contributed by atoms with Crippen LogP contribution >= 0.6 is 0 Å². The average molecular weight is 269 g/mol. The zero-order valence-electron chi connectivity index (χ0n) is 9.37. The summed E-state index contributed by atoms with van der Waals surface area (Å²) >= 11 is 0. The Hall–Kier alpha value is -2.31. The summed E-state index contributed by atoms with van der Waals surface area (Å²) in [6.45, 7) is 0. The van der Waals surface area contributed by atoms with E-state index in [4.69, 9.17) is 5.73 Å². The molecule has 0 amide bonds. The van der Waals surface area contributed by atoms with Gasteiger partial charge in [0.25, 0.3) is 0 Å². The molecule has 0 aliphatic heterocycles. The molecule has 7 heteroatoms. The molecule has 0 radical (unpaired) electrons. The SMILES string of the molecule is Nc1nc2cc(C(F)(F)F)cc(F)c2n1C1=CC=C1. The molecular weight excluding hydrogens is 262 g/mol. The predicted octanol–water partition coefficient (Wildman–Crippen LogP) is 3.19. The molecule has 0 saturated carbocycles. The van der Waals surface area contributed by atoms with Crippen molar-refractivity contribution in [3.05, 3.63) is 41.7 Å². The van der Waals surface area contributed by atoms with Gasteiger partial charge in [-0.3, -0.25) is 4.57 Å². The van der Waals surface area contributed by atoms with Crippen molar-refractivity contribution in [2.45, 2.75) is 6.18 Å². The Morgan fingerprint density at radius 3 is 2.42 bits per heavy atom. The van der Waals surface area contributed by atoms with Crippen molar-refractivity contribution >= 4 is 22.7 Å². The van der Waals surface area contributed by atoms with Crippen molar-refractivity contribution in [1.82, 2.24) is 9.55 Å². The Kier molecular flexibility index (Phi) is 2.23. The quantitative estimate of drug-likeness (QED) is 0.808. The molecule has 0 fully saturated rings. The van der Waals surface area contributed by atoms with Crippen molar-refractivity contribution in [3.63, 3.8) is 0 Å². The molecule has 0 spiro atoms. The van der Waals surface area contributed by atoms with Gasteiger partial charge in [0.2, 0.25) is 5.95 Å². The molecule has 2 N–H and O–H groups in total. The van der Waals surface area contributed by atoms with E-state index in [-0.39, 0.29) is 17.0 Å². The van der Waals surface area contributed by atoms with Crippen LogP contribution in [0.4, 0.5) is 23.5 Å². The first-order valence-corrected chi connectivity index (χ1v) is 5.31. The first kappa shape index (κ1) is 11.8. The summed E-state index contributed by atoms with van der Waals surface area (Å²) in [5.74, 6) is -1.06. The molecule has 98 valence electrons. The topological polar surface area (TPSA) is 43.8 Å². The van der Waals surface area contributed by atoms with E-state index < -0.39 is 17.6 Å². The lowest BCUT2D eigenvalue weighted by Crippen LogP contribution is -2.07. The molecule has 3 rings (SSSR count). The third kappa shape index (κ3) is 1.69. The molecule has 0 bridgehead atoms. The smallest absolute Gasteiger partial charge is 0.369 e. The van der Waals surface area contributed by atoms with Crippen molar-refractivity contribution in [3.8, 4) is 0 Å². The highest BCUT2D eigenvalue weighted by Gasteiger charge is 2.32. The number of halogens is 4. The van der Waals surface area contributed by atoms with Crippen LogP contribution in [0.15, 0.2) is 30.4 Å². The molecule has 0 saturated heterocycles. The number of hydrogen-bond acceptors (Lipinski definition) is 2. The number of fused-ring (bicyclic) bond motifs is 1. The van der Waals surface area contributed by atoms with Crippen LogP contribution in [0.1, 0.15) is 5.56 Å². The van der Waals surface area contributed by atoms with Crippen molar-refractivity contribution in [1.29, 1.82) is 0 Å². The minimum absolute atomic E-state index is 0.0520. The summed E-state index contributed by atoms with van der Waals surface area (Å²) in [6.07, 6.45) is 0.412. The van der Waals surface area contributed by atoms with Gasteiger partial charge in [0.05, 0.1) is 11.1 Å². The Labute approximate surface area is 104 Å². The monoisotopic (exact) mass is 269 g/mol. The summed E-state index contributed by atoms with van der Waals surface area (Å²) in [6, 6.07) is 1.23. The number of anilines is 1. The lowest BCUT2D eigenvalue weighted by Gasteiger charge is -2.12. The van der Waals surface area contributed by atoms with Gasteiger partial charge < -0.3 is 5.73 Å². The third-order valence-corrected chi connectivity index (χ3v) is 2.85. The highest BCUT2D eigenvalue weighted by Crippen LogP contribution is 2.35. The lowest BCUT2D eigenvalue weighted by molar-refractivity contribution is -0.137. The van der Waals surface area contributed by atoms with Gasteiger partial charge in [-0.1, -0.05) is 6.08 Å². The predicted molar refractivity (Wildman–Crippen MR) is 62.5 cm³/mol. The van der Waals surface area contributed by atoms with Crippen LogP contribution in [0.5, 0.6) is 0 Å². The second kappa shape index (κ2) is 3.59. The van der Waals surface area contributed by atoms with E-state index in [1.165, 1.54) is 4.57 Å². The maximum atomic E-state index is 13.9. The van der Waals surface area contributed by atoms with Gasteiger partial charge >= 0.3 is 6.18 Å². The average Bonchev–Trinajstić information content (AvgIpc) is 2.52. The normalized spacial score (nSPS) is 14.6. The van der Waals surface area contributed by atoms with E-state index in [2.05, 4.69) is 4.98 Å². The molecule has 2 aromatic rings. The van der Waals surface area contributed by atoms with Gasteiger partial charge in [0.1, 0.15) is 11.3 Å². The van der Waals surface area contributed by atoms with Crippen LogP contribution in [0.3, 0.4) is 0 Å². The number of aromatic nitrogens is 2. The largest absolute Gasteiger partial charge is 0.416 e. The Balaban J connectivity index is 2.29. The molecular formula is C12H7F4N3. The van der Waals surface area contributed by atoms with E-state index in [1.54, 1.807) is 18.2 Å². The van der Waals surface area contributed by atoms with Gasteiger partial charge in [0, 0.05) is 5.70 Å². The van der Waals surface area contributed by atoms with Crippen LogP contribution < -0.4 is 5.73 Å². The Morgan fingerprint density at radius 2 is 1.89 bits per heavy atom. The van der Waals surface area contributed by atoms with E-state index >= 15 is 0 Å². The van der Waals surface area contributed by atoms with E-state index in [0.29, 0.717) is 11.8 Å². The van der Waals surface area contributed by atoms with Gasteiger partial charge in [-0.25, -0.2) is 9.37 Å². The molecule has 1 aliphatic rings. The standard InChI is InChI=1S/C12H7F4N3/c13-8-4-6(12(14,15)16)5-9-10(8)19(11(17)18-9)7-2-1-3-7/h1-5H,(H2,17,18). The molecule has 19 heavy (non-hydrogen) atoms. The zero-order chi connectivity index (χ0) is 13.8. The van der Waals surface area contributed by atoms with Gasteiger partial charge in [0.15, 0.2) is 0 Å². The Bertz CT molecular complexity index is 737. The number of imidazole rings is 1. The minimum atomic E-state index is -4.62. The number of nitrogen functional groups attached to an aromatic ring is 1. The molecule has 1 aromatic carbocycles. The van der Waals surface area contributed by atoms with E-state index in [0.717, 1.165) is 6.07 Å². The summed E-state index contributed by atoms with van der Waals surface area (Å²) in [7, 11) is 0. The van der Waals surface area contributed by atoms with Crippen LogP contribution in [0.25, 0.3) is 16.7 Å². The second-order valence-corrected chi connectivity index (χ2v) is 4.08. The highest BCUT2D eigenvalue weighted by atomic mass is 19.4. The fraction of sp³-hybridized carbons (Fsp3) is 0.0833. The maximum absolute atomic E-state index is 13.9. The lowest BCUT2D eigenvalue weighted by atomic mass is 10.1. The van der Waals surface area contributed by atoms with Crippen LogP contribution in [-0.2, 0) is 6.18 Å².